The highest BCUT2D eigenvalue weighted by Crippen LogP contribution is 2.39. The molecule has 0 saturated carbocycles. The second-order valence-electron chi connectivity index (χ2n) is 19.7. The number of piperidine rings is 3. The van der Waals surface area contributed by atoms with Crippen molar-refractivity contribution in [1.29, 1.82) is 0 Å². The highest BCUT2D eigenvalue weighted by atomic mass is 16.5. The van der Waals surface area contributed by atoms with Crippen LogP contribution in [0.1, 0.15) is 75.6 Å². The van der Waals surface area contributed by atoms with Crippen molar-refractivity contribution in [1.82, 2.24) is 43.7 Å². The molecule has 6 aromatic rings. The number of aromatic nitrogens is 7. The molecule has 1 aliphatic carbocycles. The zero-order valence-electron chi connectivity index (χ0n) is 39.4. The van der Waals surface area contributed by atoms with Crippen molar-refractivity contribution in [2.24, 2.45) is 13.0 Å². The molecule has 11 rings (SSSR count). The third-order valence-electron chi connectivity index (χ3n) is 15.6. The lowest BCUT2D eigenvalue weighted by molar-refractivity contribution is -0.135. The molecule has 18 heteroatoms. The molecule has 0 bridgehead atoms. The van der Waals surface area contributed by atoms with Crippen LogP contribution in [-0.4, -0.2) is 113 Å². The molecule has 0 radical (unpaired) electrons. The van der Waals surface area contributed by atoms with Crippen molar-refractivity contribution in [2.45, 2.75) is 88.5 Å². The van der Waals surface area contributed by atoms with Gasteiger partial charge in [0.15, 0.2) is 11.5 Å². The summed E-state index contributed by atoms with van der Waals surface area (Å²) in [5.41, 5.74) is 4.79. The number of anilines is 4. The molecule has 1 spiro atoms. The number of hydrogen-bond acceptors (Lipinski definition) is 13. The topological polar surface area (TPSA) is 190 Å². The van der Waals surface area contributed by atoms with Crippen molar-refractivity contribution in [3.63, 3.8) is 0 Å². The third-order valence-corrected chi connectivity index (χ3v) is 15.6. The number of ether oxygens (including phenoxy) is 1. The van der Waals surface area contributed by atoms with E-state index in [9.17, 15) is 24.3 Å². The first-order valence-corrected chi connectivity index (χ1v) is 24.5. The number of imide groups is 1. The molecular formula is C51H60N12O6. The second-order valence-corrected chi connectivity index (χ2v) is 19.7. The first kappa shape index (κ1) is 44.9. The Bertz CT molecular complexity index is 3100. The Kier molecular flexibility index (Phi) is 11.5. The normalized spacial score (nSPS) is 22.2. The zero-order valence-corrected chi connectivity index (χ0v) is 39.4. The number of carbonyl (C=O) groups is 2. The van der Waals surface area contributed by atoms with Crippen LogP contribution in [-0.2, 0) is 39.9 Å². The summed E-state index contributed by atoms with van der Waals surface area (Å²) in [5, 5.41) is 17.4. The number of rotatable bonds is 11. The van der Waals surface area contributed by atoms with Crippen LogP contribution >= 0.6 is 0 Å². The van der Waals surface area contributed by atoms with Crippen LogP contribution in [0.5, 0.6) is 0 Å². The summed E-state index contributed by atoms with van der Waals surface area (Å²) < 4.78 is 13.0. The standard InChI is InChI=1S/C51H60N12O6/c1-4-23-61-47(66)37-30-52-48(56-45(37)63(61)41-15-9-34-17-20-51(68,5-2)44(34)54-41)53-35-10-12-36(13-11-35)59-24-18-33(19-25-59)31-58-26-21-50(22-27-58)32-60(28-29-69-50)38-7-6-8-39-43(38)57(3)49(67)62(39)40-14-16-42(64)55-46(40)65/h4,6-13,15,30,33,40,68H,1,5,14,16-29,31-32H2,2-3H3,(H,52,53,56)(H,55,64,65)/t40?,51-/m1/s1. The average Bonchev–Trinajstić information content (AvgIpc) is 3.94. The minimum Gasteiger partial charge on any atom is -0.384 e. The maximum atomic E-state index is 13.6. The van der Waals surface area contributed by atoms with Gasteiger partial charge in [-0.05, 0) is 105 Å². The van der Waals surface area contributed by atoms with Gasteiger partial charge in [-0.3, -0.25) is 28.8 Å². The first-order chi connectivity index (χ1) is 33.4. The SMILES string of the molecule is C=CCn1c(=O)c2cnc(Nc3ccc(N4CCC(CN5CCC6(CC5)CN(c5cccc7c5n(C)c(=O)n7C5CCC(=O)NC5=O)CCO6)CC4)cc3)nc2n1-c1ccc2c(n1)[C@@](O)(CC)CC2. The molecule has 4 aromatic heterocycles. The fraction of sp³-hybridized carbons (Fsp3) is 0.471. The van der Waals surface area contributed by atoms with E-state index in [1.807, 2.05) is 43.3 Å². The van der Waals surface area contributed by atoms with Gasteiger partial charge in [0.1, 0.15) is 17.0 Å². The highest BCUT2D eigenvalue weighted by molar-refractivity contribution is 6.00. The summed E-state index contributed by atoms with van der Waals surface area (Å²) >= 11 is 0. The molecule has 4 saturated heterocycles. The molecule has 18 nitrogen and oxygen atoms in total. The van der Waals surface area contributed by atoms with E-state index in [2.05, 4.69) is 55.1 Å². The van der Waals surface area contributed by atoms with Crippen molar-refractivity contribution in [3.8, 4) is 5.82 Å². The summed E-state index contributed by atoms with van der Waals surface area (Å²) in [7, 11) is 1.76. The summed E-state index contributed by atoms with van der Waals surface area (Å²) in [6, 6.07) is 17.4. The van der Waals surface area contributed by atoms with Gasteiger partial charge >= 0.3 is 5.69 Å². The van der Waals surface area contributed by atoms with E-state index in [-0.39, 0.29) is 35.7 Å². The van der Waals surface area contributed by atoms with Gasteiger partial charge in [0, 0.05) is 76.9 Å². The number of morpholine rings is 1. The van der Waals surface area contributed by atoms with Gasteiger partial charge in [0.05, 0.1) is 41.2 Å². The van der Waals surface area contributed by atoms with E-state index in [4.69, 9.17) is 14.7 Å². The van der Waals surface area contributed by atoms with Crippen molar-refractivity contribution < 1.29 is 19.4 Å². The monoisotopic (exact) mass is 936 g/mol. The Morgan fingerprint density at radius 1 is 0.928 bits per heavy atom. The second kappa shape index (κ2) is 17.7. The van der Waals surface area contributed by atoms with Crippen molar-refractivity contribution in [3.05, 3.63) is 106 Å². The van der Waals surface area contributed by atoms with Crippen LogP contribution < -0.4 is 31.7 Å². The predicted octanol–water partition coefficient (Wildman–Crippen LogP) is 4.67. The summed E-state index contributed by atoms with van der Waals surface area (Å²) in [5.74, 6) is 0.741. The number of carbonyl (C=O) groups excluding carboxylic acids is 2. The molecule has 2 amide bonds. The largest absolute Gasteiger partial charge is 0.384 e. The van der Waals surface area contributed by atoms with Crippen LogP contribution in [0.4, 0.5) is 23.0 Å². The molecule has 4 aliphatic heterocycles. The number of aryl methyl sites for hydroxylation is 2. The fourth-order valence-electron chi connectivity index (χ4n) is 11.6. The van der Waals surface area contributed by atoms with E-state index in [0.717, 1.165) is 93.8 Å². The van der Waals surface area contributed by atoms with Crippen molar-refractivity contribution in [2.75, 3.05) is 67.5 Å². The van der Waals surface area contributed by atoms with Crippen LogP contribution in [0, 0.1) is 5.92 Å². The molecular weight excluding hydrogens is 877 g/mol. The van der Waals surface area contributed by atoms with Crippen molar-refractivity contribution >= 4 is 56.9 Å². The molecule has 360 valence electrons. The van der Waals surface area contributed by atoms with E-state index >= 15 is 0 Å². The first-order valence-electron chi connectivity index (χ1n) is 24.5. The smallest absolute Gasteiger partial charge is 0.329 e. The number of fused-ring (bicyclic) bond motifs is 3. The molecule has 69 heavy (non-hydrogen) atoms. The van der Waals surface area contributed by atoms with Crippen LogP contribution in [0.3, 0.4) is 0 Å². The molecule has 4 fully saturated rings. The number of amides is 2. The number of para-hydroxylation sites is 1. The van der Waals surface area contributed by atoms with E-state index < -0.39 is 17.6 Å². The number of aliphatic hydroxyl groups is 1. The van der Waals surface area contributed by atoms with E-state index in [1.54, 1.807) is 37.8 Å². The number of pyridine rings is 1. The number of allylic oxidation sites excluding steroid dienone is 1. The number of imidazole rings is 1. The zero-order chi connectivity index (χ0) is 47.6. The lowest BCUT2D eigenvalue weighted by Crippen LogP contribution is -2.57. The van der Waals surface area contributed by atoms with Gasteiger partial charge in [-0.15, -0.1) is 6.58 Å². The van der Waals surface area contributed by atoms with E-state index in [1.165, 1.54) is 5.69 Å². The van der Waals surface area contributed by atoms with Gasteiger partial charge in [-0.25, -0.2) is 24.1 Å². The summed E-state index contributed by atoms with van der Waals surface area (Å²) in [4.78, 5) is 73.6. The molecule has 1 unspecified atom stereocenters. The van der Waals surface area contributed by atoms with Gasteiger partial charge in [-0.2, -0.15) is 4.98 Å². The van der Waals surface area contributed by atoms with Gasteiger partial charge < -0.3 is 29.9 Å². The average molecular weight is 937 g/mol. The maximum Gasteiger partial charge on any atom is 0.329 e. The Balaban J connectivity index is 0.702. The third kappa shape index (κ3) is 8.01. The molecule has 2 atom stereocenters. The van der Waals surface area contributed by atoms with Gasteiger partial charge in [0.2, 0.25) is 17.8 Å². The van der Waals surface area contributed by atoms with Crippen LogP contribution in [0.15, 0.2) is 83.0 Å². The minimum atomic E-state index is -0.999. The van der Waals surface area contributed by atoms with Gasteiger partial charge in [-0.1, -0.05) is 25.1 Å². The van der Waals surface area contributed by atoms with Crippen LogP contribution in [0.2, 0.25) is 0 Å². The number of hydrogen-bond donors (Lipinski definition) is 3. The fourth-order valence-corrected chi connectivity index (χ4v) is 11.6. The Morgan fingerprint density at radius 3 is 2.48 bits per heavy atom. The maximum absolute atomic E-state index is 13.6. The minimum absolute atomic E-state index is 0.205. The molecule has 8 heterocycles. The Hall–Kier alpha value is -6.63. The summed E-state index contributed by atoms with van der Waals surface area (Å²) in [6.45, 7) is 13.1. The number of nitrogens with one attached hydrogen (secondary N) is 2. The number of nitrogens with zero attached hydrogens (tertiary/aromatic N) is 10. The van der Waals surface area contributed by atoms with Gasteiger partial charge in [0.25, 0.3) is 5.56 Å². The predicted molar refractivity (Wildman–Crippen MR) is 263 cm³/mol. The van der Waals surface area contributed by atoms with E-state index in [0.29, 0.717) is 72.3 Å². The molecule has 2 aromatic carbocycles. The molecule has 5 aliphatic rings. The Labute approximate surface area is 399 Å². The molecule has 3 N–H and O–H groups in total. The van der Waals surface area contributed by atoms with Crippen LogP contribution in [0.25, 0.3) is 27.9 Å². The number of likely N-dealkylation sites (tertiary alicyclic amines) is 1. The quantitative estimate of drug-likeness (QED) is 0.120. The lowest BCUT2D eigenvalue weighted by Gasteiger charge is -2.48. The summed E-state index contributed by atoms with van der Waals surface area (Å²) in [6.07, 6.45) is 9.76. The number of benzene rings is 2. The Morgan fingerprint density at radius 2 is 1.72 bits per heavy atom. The lowest BCUT2D eigenvalue weighted by atomic mass is 9.87. The highest BCUT2D eigenvalue weighted by Gasteiger charge is 2.42.